The fourth-order valence-electron chi connectivity index (χ4n) is 3.43. The van der Waals surface area contributed by atoms with Crippen LogP contribution < -0.4 is 5.32 Å². The highest BCUT2D eigenvalue weighted by molar-refractivity contribution is 5.24. The van der Waals surface area contributed by atoms with Gasteiger partial charge in [0.2, 0.25) is 0 Å². The Morgan fingerprint density at radius 1 is 1.20 bits per heavy atom. The molecule has 1 saturated carbocycles. The molecule has 20 heavy (non-hydrogen) atoms. The summed E-state index contributed by atoms with van der Waals surface area (Å²) in [7, 11) is 3.87. The Kier molecular flexibility index (Phi) is 4.50. The van der Waals surface area contributed by atoms with Crippen LogP contribution >= 0.6 is 0 Å². The number of ether oxygens (including phenoxy) is 1. The number of pyridine rings is 1. The van der Waals surface area contributed by atoms with Gasteiger partial charge in [0.05, 0.1) is 11.6 Å². The summed E-state index contributed by atoms with van der Waals surface area (Å²) in [6.07, 6.45) is 8.47. The first-order valence-electron chi connectivity index (χ1n) is 7.56. The van der Waals surface area contributed by atoms with Crippen LogP contribution in [-0.4, -0.2) is 24.7 Å². The van der Waals surface area contributed by atoms with Crippen molar-refractivity contribution in [3.05, 3.63) is 29.6 Å². The number of aryl methyl sites for hydroxylation is 1. The summed E-state index contributed by atoms with van der Waals surface area (Å²) >= 11 is 0. The molecule has 112 valence electrons. The monoisotopic (exact) mass is 276 g/mol. The standard InChI is InChI=1S/C17H28N2O/c1-13-10-14(12-19-11-13)15(18-4)17(20-5)8-6-16(2,3)7-9-17/h10-12,15,18H,6-9H2,1-5H3. The van der Waals surface area contributed by atoms with E-state index in [1.807, 2.05) is 26.6 Å². The van der Waals surface area contributed by atoms with Crippen LogP contribution in [0.1, 0.15) is 56.7 Å². The molecule has 1 fully saturated rings. The predicted octanol–water partition coefficient (Wildman–Crippen LogP) is 3.64. The van der Waals surface area contributed by atoms with E-state index in [1.54, 1.807) is 0 Å². The number of likely N-dealkylation sites (N-methyl/N-ethyl adjacent to an activating group) is 1. The average molecular weight is 276 g/mol. The lowest BCUT2D eigenvalue weighted by Gasteiger charge is -2.47. The second-order valence-electron chi connectivity index (χ2n) is 6.95. The maximum Gasteiger partial charge on any atom is 0.0873 e. The number of rotatable bonds is 4. The summed E-state index contributed by atoms with van der Waals surface area (Å²) in [5, 5.41) is 3.47. The Morgan fingerprint density at radius 3 is 2.35 bits per heavy atom. The fraction of sp³-hybridized carbons (Fsp3) is 0.706. The summed E-state index contributed by atoms with van der Waals surface area (Å²) < 4.78 is 6.03. The normalized spacial score (nSPS) is 22.4. The summed E-state index contributed by atoms with van der Waals surface area (Å²) in [4.78, 5) is 4.35. The van der Waals surface area contributed by atoms with E-state index in [9.17, 15) is 0 Å². The molecule has 0 aromatic carbocycles. The molecule has 0 saturated heterocycles. The number of hydrogen-bond donors (Lipinski definition) is 1. The largest absolute Gasteiger partial charge is 0.376 e. The van der Waals surface area contributed by atoms with E-state index in [1.165, 1.54) is 24.0 Å². The Labute approximate surface area is 123 Å². The zero-order valence-corrected chi connectivity index (χ0v) is 13.5. The van der Waals surface area contributed by atoms with Crippen LogP contribution in [0.15, 0.2) is 18.5 Å². The van der Waals surface area contributed by atoms with Gasteiger partial charge >= 0.3 is 0 Å². The van der Waals surface area contributed by atoms with E-state index in [0.29, 0.717) is 5.41 Å². The third-order valence-electron chi connectivity index (χ3n) is 4.90. The molecule has 3 heteroatoms. The van der Waals surface area contributed by atoms with Crippen LogP contribution in [0, 0.1) is 12.3 Å². The summed E-state index contributed by atoms with van der Waals surface area (Å²) in [6.45, 7) is 6.80. The van der Waals surface area contributed by atoms with Gasteiger partial charge in [0.15, 0.2) is 0 Å². The summed E-state index contributed by atoms with van der Waals surface area (Å²) in [6, 6.07) is 2.42. The van der Waals surface area contributed by atoms with Crippen molar-refractivity contribution in [3.8, 4) is 0 Å². The van der Waals surface area contributed by atoms with Crippen molar-refractivity contribution in [2.24, 2.45) is 5.41 Å². The third-order valence-corrected chi connectivity index (χ3v) is 4.90. The van der Waals surface area contributed by atoms with E-state index in [0.717, 1.165) is 12.8 Å². The minimum atomic E-state index is -0.111. The van der Waals surface area contributed by atoms with Gasteiger partial charge < -0.3 is 10.1 Å². The van der Waals surface area contributed by atoms with E-state index < -0.39 is 0 Å². The van der Waals surface area contributed by atoms with Crippen LogP contribution in [0.4, 0.5) is 0 Å². The van der Waals surface area contributed by atoms with Crippen molar-refractivity contribution >= 4 is 0 Å². The van der Waals surface area contributed by atoms with Gasteiger partial charge in [-0.05, 0) is 56.2 Å². The Hall–Kier alpha value is -0.930. The highest BCUT2D eigenvalue weighted by Crippen LogP contribution is 2.47. The highest BCUT2D eigenvalue weighted by atomic mass is 16.5. The van der Waals surface area contributed by atoms with Gasteiger partial charge in [-0.25, -0.2) is 0 Å². The quantitative estimate of drug-likeness (QED) is 0.911. The number of nitrogens with zero attached hydrogens (tertiary/aromatic N) is 1. The molecule has 1 unspecified atom stereocenters. The first-order chi connectivity index (χ1) is 9.42. The van der Waals surface area contributed by atoms with E-state index >= 15 is 0 Å². The van der Waals surface area contributed by atoms with Crippen molar-refractivity contribution in [1.29, 1.82) is 0 Å². The van der Waals surface area contributed by atoms with Crippen molar-refractivity contribution in [2.45, 2.75) is 58.1 Å². The molecule has 1 heterocycles. The molecule has 1 aromatic rings. The molecule has 1 aliphatic carbocycles. The highest BCUT2D eigenvalue weighted by Gasteiger charge is 2.44. The molecular formula is C17H28N2O. The summed E-state index contributed by atoms with van der Waals surface area (Å²) in [5.41, 5.74) is 2.75. The molecule has 1 atom stereocenters. The second-order valence-corrected chi connectivity index (χ2v) is 6.95. The van der Waals surface area contributed by atoms with Crippen molar-refractivity contribution < 1.29 is 4.74 Å². The number of hydrogen-bond acceptors (Lipinski definition) is 3. The van der Waals surface area contributed by atoms with Gasteiger partial charge in [0.25, 0.3) is 0 Å². The minimum Gasteiger partial charge on any atom is -0.376 e. The van der Waals surface area contributed by atoms with Crippen LogP contribution in [-0.2, 0) is 4.74 Å². The lowest BCUT2D eigenvalue weighted by molar-refractivity contribution is -0.0862. The van der Waals surface area contributed by atoms with Gasteiger partial charge in [-0.1, -0.05) is 19.9 Å². The van der Waals surface area contributed by atoms with Crippen LogP contribution in [0.25, 0.3) is 0 Å². The van der Waals surface area contributed by atoms with Gasteiger partial charge in [-0.15, -0.1) is 0 Å². The molecule has 0 amide bonds. The first-order valence-corrected chi connectivity index (χ1v) is 7.56. The first kappa shape index (κ1) is 15.5. The Morgan fingerprint density at radius 2 is 1.85 bits per heavy atom. The van der Waals surface area contributed by atoms with E-state index in [-0.39, 0.29) is 11.6 Å². The average Bonchev–Trinajstić information content (AvgIpc) is 2.42. The molecule has 3 nitrogen and oxygen atoms in total. The van der Waals surface area contributed by atoms with E-state index in [2.05, 4.69) is 37.1 Å². The van der Waals surface area contributed by atoms with Gasteiger partial charge in [0.1, 0.15) is 0 Å². The van der Waals surface area contributed by atoms with Crippen LogP contribution in [0.2, 0.25) is 0 Å². The zero-order chi connectivity index (χ0) is 14.8. The zero-order valence-electron chi connectivity index (χ0n) is 13.5. The third kappa shape index (κ3) is 3.04. The van der Waals surface area contributed by atoms with Gasteiger partial charge in [0, 0.05) is 19.5 Å². The molecular weight excluding hydrogens is 248 g/mol. The molecule has 1 aromatic heterocycles. The number of aromatic nitrogens is 1. The van der Waals surface area contributed by atoms with Gasteiger partial charge in [-0.3, -0.25) is 4.98 Å². The maximum absolute atomic E-state index is 6.03. The Bertz CT molecular complexity index is 446. The SMILES string of the molecule is CNC(c1cncc(C)c1)C1(OC)CCC(C)(C)CC1. The van der Waals surface area contributed by atoms with Crippen LogP contribution in [0.5, 0.6) is 0 Å². The lowest BCUT2D eigenvalue weighted by atomic mass is 9.67. The maximum atomic E-state index is 6.03. The fourth-order valence-corrected chi connectivity index (χ4v) is 3.43. The molecule has 0 aliphatic heterocycles. The minimum absolute atomic E-state index is 0.111. The van der Waals surface area contributed by atoms with Crippen LogP contribution in [0.3, 0.4) is 0 Å². The van der Waals surface area contributed by atoms with E-state index in [4.69, 9.17) is 4.74 Å². The molecule has 0 spiro atoms. The van der Waals surface area contributed by atoms with Gasteiger partial charge in [-0.2, -0.15) is 0 Å². The number of nitrogens with one attached hydrogen (secondary N) is 1. The van der Waals surface area contributed by atoms with Crippen molar-refractivity contribution in [1.82, 2.24) is 10.3 Å². The lowest BCUT2D eigenvalue weighted by Crippen LogP contribution is -2.48. The molecule has 1 aliphatic rings. The van der Waals surface area contributed by atoms with Crippen molar-refractivity contribution in [2.75, 3.05) is 14.2 Å². The molecule has 2 rings (SSSR count). The second kappa shape index (κ2) is 5.82. The summed E-state index contributed by atoms with van der Waals surface area (Å²) in [5.74, 6) is 0. The topological polar surface area (TPSA) is 34.2 Å². The molecule has 0 radical (unpaired) electrons. The molecule has 0 bridgehead atoms. The van der Waals surface area contributed by atoms with Crippen molar-refractivity contribution in [3.63, 3.8) is 0 Å². The molecule has 1 N–H and O–H groups in total. The smallest absolute Gasteiger partial charge is 0.0873 e. The predicted molar refractivity (Wildman–Crippen MR) is 82.8 cm³/mol. The number of methoxy groups -OCH3 is 1. The Balaban J connectivity index is 2.29.